The van der Waals surface area contributed by atoms with Crippen LogP contribution < -0.4 is 10.5 Å². The van der Waals surface area contributed by atoms with Crippen LogP contribution in [0.3, 0.4) is 0 Å². The van der Waals surface area contributed by atoms with E-state index in [1.165, 1.54) is 0 Å². The molecule has 3 N–H and O–H groups in total. The molecule has 1 fully saturated rings. The highest BCUT2D eigenvalue weighted by molar-refractivity contribution is 6.32. The Bertz CT molecular complexity index is 652. The molecule has 0 saturated carbocycles. The van der Waals surface area contributed by atoms with Gasteiger partial charge in [0.1, 0.15) is 5.75 Å². The van der Waals surface area contributed by atoms with Crippen molar-refractivity contribution < 1.29 is 14.6 Å². The third-order valence-electron chi connectivity index (χ3n) is 5.39. The second-order valence-corrected chi connectivity index (χ2v) is 8.28. The van der Waals surface area contributed by atoms with Gasteiger partial charge in [0.15, 0.2) is 0 Å². The lowest BCUT2D eigenvalue weighted by atomic mass is 9.66. The summed E-state index contributed by atoms with van der Waals surface area (Å²) in [6, 6.07) is 4.82. The van der Waals surface area contributed by atoms with Crippen molar-refractivity contribution >= 4 is 29.9 Å². The number of carbonyl (C=O) groups is 1. The van der Waals surface area contributed by atoms with Crippen LogP contribution in [0.4, 0.5) is 0 Å². The molecule has 1 aromatic carbocycles. The number of hydrogen-bond donors (Lipinski definition) is 2. The van der Waals surface area contributed by atoms with Crippen molar-refractivity contribution in [2.24, 2.45) is 17.1 Å². The number of nitrogens with two attached hydrogens (primary N) is 1. The van der Waals surface area contributed by atoms with Gasteiger partial charge in [0.25, 0.3) is 0 Å². The van der Waals surface area contributed by atoms with Gasteiger partial charge in [-0.05, 0) is 30.0 Å². The molecule has 0 radical (unpaired) electrons. The molecule has 0 bridgehead atoms. The number of nitrogens with zero attached hydrogens (tertiary/aromatic N) is 1. The minimum Gasteiger partial charge on any atom is -0.495 e. The Morgan fingerprint density at radius 1 is 1.38 bits per heavy atom. The fraction of sp³-hybridized carbons (Fsp3) is 0.632. The largest absolute Gasteiger partial charge is 0.495 e. The Morgan fingerprint density at radius 2 is 2.00 bits per heavy atom. The quantitative estimate of drug-likeness (QED) is 0.807. The average Bonchev–Trinajstić information content (AvgIpc) is 2.56. The van der Waals surface area contributed by atoms with Gasteiger partial charge in [0.05, 0.1) is 23.8 Å². The lowest BCUT2D eigenvalue weighted by molar-refractivity contribution is -0.155. The summed E-state index contributed by atoms with van der Waals surface area (Å²) in [5.74, 6) is 0.555. The number of hydrogen-bond acceptors (Lipinski definition) is 4. The molecule has 1 amide bonds. The van der Waals surface area contributed by atoms with E-state index < -0.39 is 17.1 Å². The summed E-state index contributed by atoms with van der Waals surface area (Å²) in [7, 11) is 1.55. The predicted molar refractivity (Wildman–Crippen MR) is 107 cm³/mol. The molecule has 1 aromatic rings. The first-order chi connectivity index (χ1) is 11.5. The highest BCUT2D eigenvalue weighted by Crippen LogP contribution is 2.47. The number of methoxy groups -OCH3 is 1. The van der Waals surface area contributed by atoms with Gasteiger partial charge in [0.2, 0.25) is 5.91 Å². The minimum absolute atomic E-state index is 0. The molecule has 0 aliphatic carbocycles. The van der Waals surface area contributed by atoms with Crippen molar-refractivity contribution in [1.29, 1.82) is 0 Å². The summed E-state index contributed by atoms with van der Waals surface area (Å²) in [5, 5.41) is 12.0. The topological polar surface area (TPSA) is 75.8 Å². The van der Waals surface area contributed by atoms with Gasteiger partial charge in [-0.15, -0.1) is 12.4 Å². The highest BCUT2D eigenvalue weighted by Gasteiger charge is 2.50. The third kappa shape index (κ3) is 4.11. The van der Waals surface area contributed by atoms with E-state index in [1.807, 2.05) is 33.8 Å². The highest BCUT2D eigenvalue weighted by atomic mass is 35.5. The zero-order chi connectivity index (χ0) is 19.0. The van der Waals surface area contributed by atoms with Gasteiger partial charge < -0.3 is 20.5 Å². The summed E-state index contributed by atoms with van der Waals surface area (Å²) in [6.45, 7) is 8.71. The van der Waals surface area contributed by atoms with Crippen LogP contribution in [-0.2, 0) is 10.4 Å². The predicted octanol–water partition coefficient (Wildman–Crippen LogP) is 3.20. The smallest absolute Gasteiger partial charge is 0.239 e. The van der Waals surface area contributed by atoms with E-state index in [1.54, 1.807) is 24.1 Å². The maximum atomic E-state index is 12.6. The number of likely N-dealkylation sites (tertiary alicyclic amines) is 1. The number of carbonyl (C=O) groups excluding carboxylic acids is 1. The van der Waals surface area contributed by atoms with Crippen molar-refractivity contribution in [2.75, 3.05) is 20.2 Å². The zero-order valence-corrected chi connectivity index (χ0v) is 17.7. The third-order valence-corrected chi connectivity index (χ3v) is 5.71. The monoisotopic (exact) mass is 404 g/mol. The average molecular weight is 405 g/mol. The number of aliphatic hydroxyl groups is 1. The lowest BCUT2D eigenvalue weighted by Gasteiger charge is -2.51. The van der Waals surface area contributed by atoms with Gasteiger partial charge in [0, 0.05) is 18.5 Å². The summed E-state index contributed by atoms with van der Waals surface area (Å²) < 4.78 is 5.28. The Hall–Kier alpha value is -1.01. The molecule has 0 spiro atoms. The normalized spacial score (nSPS) is 23.3. The van der Waals surface area contributed by atoms with E-state index in [4.69, 9.17) is 22.1 Å². The Balaban J connectivity index is 0.00000338. The van der Waals surface area contributed by atoms with Gasteiger partial charge in [-0.25, -0.2) is 0 Å². The van der Waals surface area contributed by atoms with Gasteiger partial charge >= 0.3 is 0 Å². The van der Waals surface area contributed by atoms with Crippen LogP contribution in [0, 0.1) is 11.3 Å². The second kappa shape index (κ2) is 8.34. The number of piperidine rings is 1. The molecule has 1 heterocycles. The van der Waals surface area contributed by atoms with Crippen LogP contribution in [0.15, 0.2) is 18.2 Å². The molecule has 7 heteroatoms. The first kappa shape index (κ1) is 23.0. The number of rotatable bonds is 4. The van der Waals surface area contributed by atoms with Crippen LogP contribution in [0.25, 0.3) is 0 Å². The van der Waals surface area contributed by atoms with Crippen molar-refractivity contribution in [2.45, 2.75) is 45.8 Å². The van der Waals surface area contributed by atoms with Gasteiger partial charge in [-0.1, -0.05) is 45.4 Å². The van der Waals surface area contributed by atoms with Crippen LogP contribution in [0.5, 0.6) is 5.75 Å². The molecular weight excluding hydrogens is 375 g/mol. The minimum atomic E-state index is -1.08. The summed E-state index contributed by atoms with van der Waals surface area (Å²) in [4.78, 5) is 14.4. The van der Waals surface area contributed by atoms with Crippen LogP contribution in [0.2, 0.25) is 5.02 Å². The molecule has 1 aliphatic rings. The zero-order valence-electron chi connectivity index (χ0n) is 16.1. The van der Waals surface area contributed by atoms with E-state index in [9.17, 15) is 9.90 Å². The summed E-state index contributed by atoms with van der Waals surface area (Å²) >= 11 is 6.11. The first-order valence-corrected chi connectivity index (χ1v) is 9.02. The van der Waals surface area contributed by atoms with Crippen LogP contribution in [-0.4, -0.2) is 42.2 Å². The summed E-state index contributed by atoms with van der Waals surface area (Å²) in [5.41, 5.74) is 5.15. The molecular formula is C19H30Cl2N2O3. The van der Waals surface area contributed by atoms with Crippen molar-refractivity contribution in [3.63, 3.8) is 0 Å². The molecule has 1 aliphatic heterocycles. The fourth-order valence-corrected chi connectivity index (χ4v) is 3.65. The molecule has 5 nitrogen and oxygen atoms in total. The SMILES string of the molecule is COc1cc(C2(O)CCN(C(=O)[C@H](N)C(C)C)CC2(C)C)ccc1Cl.Cl. The second-order valence-electron chi connectivity index (χ2n) is 7.87. The Morgan fingerprint density at radius 3 is 2.50 bits per heavy atom. The molecule has 0 aromatic heterocycles. The first-order valence-electron chi connectivity index (χ1n) is 8.64. The number of amides is 1. The van der Waals surface area contributed by atoms with Gasteiger partial charge in [-0.3, -0.25) is 4.79 Å². The fourth-order valence-electron chi connectivity index (χ4n) is 3.46. The van der Waals surface area contributed by atoms with E-state index in [-0.39, 0.29) is 24.2 Å². The van der Waals surface area contributed by atoms with E-state index in [2.05, 4.69) is 0 Å². The van der Waals surface area contributed by atoms with E-state index >= 15 is 0 Å². The van der Waals surface area contributed by atoms with Crippen molar-refractivity contribution in [1.82, 2.24) is 4.90 Å². The van der Waals surface area contributed by atoms with Gasteiger partial charge in [-0.2, -0.15) is 0 Å². The molecule has 148 valence electrons. The summed E-state index contributed by atoms with van der Waals surface area (Å²) in [6.07, 6.45) is 0.432. The number of ether oxygens (including phenoxy) is 1. The van der Waals surface area contributed by atoms with Crippen molar-refractivity contribution in [3.05, 3.63) is 28.8 Å². The maximum absolute atomic E-state index is 12.6. The van der Waals surface area contributed by atoms with Crippen LogP contribution in [0.1, 0.15) is 39.7 Å². The standard InChI is InChI=1S/C19H29ClN2O3.ClH/c1-12(2)16(21)17(23)22-9-8-19(24,18(3,4)11-22)13-6-7-14(20)15(10-13)25-5;/h6-7,10,12,16,24H,8-9,11,21H2,1-5H3;1H/t16-,19?;/m1./s1. The van der Waals surface area contributed by atoms with Crippen LogP contribution >= 0.6 is 24.0 Å². The molecule has 1 saturated heterocycles. The van der Waals surface area contributed by atoms with Crippen molar-refractivity contribution in [3.8, 4) is 5.75 Å². The molecule has 2 rings (SSSR count). The Kier molecular flexibility index (Phi) is 7.39. The molecule has 1 unspecified atom stereocenters. The Labute approximate surface area is 167 Å². The lowest BCUT2D eigenvalue weighted by Crippen LogP contribution is -2.59. The molecule has 2 atom stereocenters. The maximum Gasteiger partial charge on any atom is 0.239 e. The molecule has 26 heavy (non-hydrogen) atoms. The number of benzene rings is 1. The number of halogens is 2. The van der Waals surface area contributed by atoms with E-state index in [0.717, 1.165) is 5.56 Å². The van der Waals surface area contributed by atoms with E-state index in [0.29, 0.717) is 30.3 Å².